The average Bonchev–Trinajstić information content (AvgIpc) is 2.38. The second-order valence-electron chi connectivity index (χ2n) is 4.84. The van der Waals surface area contributed by atoms with Gasteiger partial charge in [-0.2, -0.15) is 11.8 Å². The van der Waals surface area contributed by atoms with Crippen molar-refractivity contribution in [2.24, 2.45) is 0 Å². The fraction of sp³-hybridized carbons (Fsp3) is 0.600. The first-order chi connectivity index (χ1) is 8.69. The summed E-state index contributed by atoms with van der Waals surface area (Å²) in [6, 6.07) is 9.41. The van der Waals surface area contributed by atoms with E-state index in [1.54, 1.807) is 0 Å². The van der Waals surface area contributed by atoms with Crippen molar-refractivity contribution >= 4 is 11.8 Å². The molecule has 1 N–H and O–H groups in total. The van der Waals surface area contributed by atoms with Crippen molar-refractivity contribution in [1.82, 2.24) is 10.2 Å². The summed E-state index contributed by atoms with van der Waals surface area (Å²) in [5.41, 5.74) is 2.93. The molecule has 3 heteroatoms. The van der Waals surface area contributed by atoms with Crippen molar-refractivity contribution < 1.29 is 0 Å². The highest BCUT2D eigenvalue weighted by atomic mass is 32.2. The van der Waals surface area contributed by atoms with Crippen LogP contribution in [0.15, 0.2) is 24.3 Å². The molecule has 18 heavy (non-hydrogen) atoms. The van der Waals surface area contributed by atoms with Crippen LogP contribution in [0.1, 0.15) is 18.1 Å². The van der Waals surface area contributed by atoms with Crippen molar-refractivity contribution in [3.63, 3.8) is 0 Å². The van der Waals surface area contributed by atoms with Crippen LogP contribution in [0, 0.1) is 0 Å². The van der Waals surface area contributed by atoms with Gasteiger partial charge in [0.1, 0.15) is 0 Å². The first-order valence-corrected chi connectivity index (χ1v) is 7.99. The highest BCUT2D eigenvalue weighted by Gasteiger charge is 2.10. The number of hydrogen-bond donors (Lipinski definition) is 1. The standard InChI is InChI=1S/C15H26N2S/c1-13(12-18-4)17(3)11-15-8-6-5-7-14(15)9-10-16-2/h5-8,13,16H,9-12H2,1-4H3. The number of hydrogen-bond acceptors (Lipinski definition) is 3. The summed E-state index contributed by atoms with van der Waals surface area (Å²) in [5, 5.41) is 3.22. The lowest BCUT2D eigenvalue weighted by molar-refractivity contribution is 0.269. The molecule has 0 bridgehead atoms. The largest absolute Gasteiger partial charge is 0.319 e. The summed E-state index contributed by atoms with van der Waals surface area (Å²) in [7, 11) is 4.23. The third-order valence-electron chi connectivity index (χ3n) is 3.34. The number of nitrogens with zero attached hydrogens (tertiary/aromatic N) is 1. The number of likely N-dealkylation sites (N-methyl/N-ethyl adjacent to an activating group) is 1. The van der Waals surface area contributed by atoms with Crippen LogP contribution in [0.4, 0.5) is 0 Å². The predicted molar refractivity (Wildman–Crippen MR) is 83.4 cm³/mol. The highest BCUT2D eigenvalue weighted by molar-refractivity contribution is 7.98. The molecule has 1 atom stereocenters. The first-order valence-electron chi connectivity index (χ1n) is 6.59. The van der Waals surface area contributed by atoms with Gasteiger partial charge in [0.25, 0.3) is 0 Å². The molecule has 102 valence electrons. The van der Waals surface area contributed by atoms with Gasteiger partial charge in [0.15, 0.2) is 0 Å². The van der Waals surface area contributed by atoms with Crippen LogP contribution in [0.2, 0.25) is 0 Å². The van der Waals surface area contributed by atoms with Crippen LogP contribution in [-0.2, 0) is 13.0 Å². The molecule has 0 amide bonds. The highest BCUT2D eigenvalue weighted by Crippen LogP contribution is 2.14. The molecule has 0 saturated heterocycles. The molecule has 1 unspecified atom stereocenters. The van der Waals surface area contributed by atoms with E-state index in [0.717, 1.165) is 19.5 Å². The topological polar surface area (TPSA) is 15.3 Å². The molecule has 0 radical (unpaired) electrons. The van der Waals surface area contributed by atoms with Crippen LogP contribution in [0.25, 0.3) is 0 Å². The van der Waals surface area contributed by atoms with Gasteiger partial charge in [0, 0.05) is 18.3 Å². The van der Waals surface area contributed by atoms with Crippen LogP contribution in [-0.4, -0.2) is 43.6 Å². The zero-order valence-electron chi connectivity index (χ0n) is 12.1. The van der Waals surface area contributed by atoms with Crippen molar-refractivity contribution in [1.29, 1.82) is 0 Å². The molecule has 0 spiro atoms. The molecule has 0 heterocycles. The summed E-state index contributed by atoms with van der Waals surface area (Å²) < 4.78 is 0. The summed E-state index contributed by atoms with van der Waals surface area (Å²) in [5.74, 6) is 1.19. The molecule has 0 aromatic heterocycles. The quantitative estimate of drug-likeness (QED) is 0.779. The second kappa shape index (κ2) is 8.57. The predicted octanol–water partition coefficient (Wildman–Crippen LogP) is 2.63. The number of benzene rings is 1. The molecule has 2 nitrogen and oxygen atoms in total. The van der Waals surface area contributed by atoms with Gasteiger partial charge in [-0.15, -0.1) is 0 Å². The second-order valence-corrected chi connectivity index (χ2v) is 5.75. The lowest BCUT2D eigenvalue weighted by Crippen LogP contribution is -2.31. The SMILES string of the molecule is CNCCc1ccccc1CN(C)C(C)CSC. The van der Waals surface area contributed by atoms with E-state index in [4.69, 9.17) is 0 Å². The van der Waals surface area contributed by atoms with E-state index in [0.29, 0.717) is 6.04 Å². The van der Waals surface area contributed by atoms with Crippen molar-refractivity contribution in [2.45, 2.75) is 25.9 Å². The lowest BCUT2D eigenvalue weighted by atomic mass is 10.0. The Morgan fingerprint density at radius 1 is 1.28 bits per heavy atom. The van der Waals surface area contributed by atoms with Gasteiger partial charge in [-0.1, -0.05) is 24.3 Å². The van der Waals surface area contributed by atoms with Gasteiger partial charge in [-0.3, -0.25) is 4.90 Å². The molecule has 0 saturated carbocycles. The van der Waals surface area contributed by atoms with Gasteiger partial charge in [-0.05, 0) is 51.4 Å². The summed E-state index contributed by atoms with van der Waals surface area (Å²) >= 11 is 1.92. The first kappa shape index (κ1) is 15.5. The molecule has 0 aliphatic rings. The average molecular weight is 266 g/mol. The van der Waals surface area contributed by atoms with E-state index in [-0.39, 0.29) is 0 Å². The van der Waals surface area contributed by atoms with Crippen LogP contribution in [0.3, 0.4) is 0 Å². The Balaban J connectivity index is 2.65. The smallest absolute Gasteiger partial charge is 0.0236 e. The van der Waals surface area contributed by atoms with Crippen molar-refractivity contribution in [3.05, 3.63) is 35.4 Å². The zero-order valence-corrected chi connectivity index (χ0v) is 12.9. The monoisotopic (exact) mass is 266 g/mol. The van der Waals surface area contributed by atoms with E-state index in [9.17, 15) is 0 Å². The molecule has 0 fully saturated rings. The number of thioether (sulfide) groups is 1. The Morgan fingerprint density at radius 2 is 1.94 bits per heavy atom. The van der Waals surface area contributed by atoms with Crippen LogP contribution in [0.5, 0.6) is 0 Å². The summed E-state index contributed by atoms with van der Waals surface area (Å²) in [6.07, 6.45) is 3.28. The Bertz CT molecular complexity index is 341. The minimum atomic E-state index is 0.623. The van der Waals surface area contributed by atoms with Crippen molar-refractivity contribution in [2.75, 3.05) is 32.6 Å². The molecular formula is C15H26N2S. The molecule has 1 aromatic rings. The maximum Gasteiger partial charge on any atom is 0.0236 e. The van der Waals surface area contributed by atoms with Gasteiger partial charge in [0.05, 0.1) is 0 Å². The number of rotatable bonds is 8. The maximum absolute atomic E-state index is 3.22. The van der Waals surface area contributed by atoms with Gasteiger partial charge in [0.2, 0.25) is 0 Å². The fourth-order valence-corrected chi connectivity index (χ4v) is 2.75. The molecule has 1 aromatic carbocycles. The Labute approximate surface area is 116 Å². The number of nitrogens with one attached hydrogen (secondary N) is 1. The maximum atomic E-state index is 3.22. The Hall–Kier alpha value is -0.510. The van der Waals surface area contributed by atoms with Gasteiger partial charge in [-0.25, -0.2) is 0 Å². The minimum absolute atomic E-state index is 0.623. The lowest BCUT2D eigenvalue weighted by Gasteiger charge is -2.25. The Morgan fingerprint density at radius 3 is 2.56 bits per heavy atom. The van der Waals surface area contributed by atoms with Gasteiger partial charge < -0.3 is 5.32 Å². The molecule has 1 rings (SSSR count). The summed E-state index contributed by atoms with van der Waals surface area (Å²) in [4.78, 5) is 2.44. The third-order valence-corrected chi connectivity index (χ3v) is 4.16. The van der Waals surface area contributed by atoms with E-state index in [2.05, 4.69) is 54.7 Å². The Kier molecular flexibility index (Phi) is 7.40. The van der Waals surface area contributed by atoms with E-state index >= 15 is 0 Å². The van der Waals surface area contributed by atoms with E-state index < -0.39 is 0 Å². The van der Waals surface area contributed by atoms with E-state index in [1.807, 2.05) is 18.8 Å². The normalized spacial score (nSPS) is 12.9. The van der Waals surface area contributed by atoms with Gasteiger partial charge >= 0.3 is 0 Å². The zero-order chi connectivity index (χ0) is 13.4. The summed E-state index contributed by atoms with van der Waals surface area (Å²) in [6.45, 7) is 4.38. The molecule has 0 aliphatic carbocycles. The molecular weight excluding hydrogens is 240 g/mol. The minimum Gasteiger partial charge on any atom is -0.319 e. The van der Waals surface area contributed by atoms with Crippen LogP contribution < -0.4 is 5.32 Å². The van der Waals surface area contributed by atoms with Crippen molar-refractivity contribution in [3.8, 4) is 0 Å². The molecule has 0 aliphatic heterocycles. The van der Waals surface area contributed by atoms with Crippen LogP contribution >= 0.6 is 11.8 Å². The van der Waals surface area contributed by atoms with E-state index in [1.165, 1.54) is 16.9 Å². The third kappa shape index (κ3) is 5.01. The fourth-order valence-electron chi connectivity index (χ4n) is 2.01.